The van der Waals surface area contributed by atoms with Gasteiger partial charge in [0.25, 0.3) is 0 Å². The van der Waals surface area contributed by atoms with Crippen molar-refractivity contribution in [3.63, 3.8) is 0 Å². The molecule has 0 spiro atoms. The molecule has 4 aromatic rings. The van der Waals surface area contributed by atoms with Crippen LogP contribution in [0.5, 0.6) is 11.5 Å². The molecular weight excluding hydrogens is 616 g/mol. The summed E-state index contributed by atoms with van der Waals surface area (Å²) in [6.45, 7) is 0.457. The summed E-state index contributed by atoms with van der Waals surface area (Å²) in [5.41, 5.74) is 4.56. The Hall–Kier alpha value is -4.74. The number of fused-ring (bicyclic) bond motifs is 1. The Morgan fingerprint density at radius 2 is 1.24 bits per heavy atom. The van der Waals surface area contributed by atoms with Gasteiger partial charge in [-0.3, -0.25) is 4.79 Å². The van der Waals surface area contributed by atoms with E-state index in [1.165, 1.54) is 23.9 Å². The van der Waals surface area contributed by atoms with E-state index in [2.05, 4.69) is 12.6 Å². The number of carbonyl (C=O) groups excluding carboxylic acids is 1. The lowest BCUT2D eigenvalue weighted by Gasteiger charge is -2.18. The van der Waals surface area contributed by atoms with E-state index in [1.807, 2.05) is 12.1 Å². The predicted molar refractivity (Wildman–Crippen MR) is 173 cm³/mol. The minimum Gasteiger partial charge on any atom is -0.488 e. The third-order valence-corrected chi connectivity index (χ3v) is 7.92. The van der Waals surface area contributed by atoms with Crippen LogP contribution in [0.15, 0.2) is 84.9 Å². The van der Waals surface area contributed by atoms with E-state index in [4.69, 9.17) is 19.7 Å². The molecular formula is C34H30O9S2. The molecule has 45 heavy (non-hydrogen) atoms. The summed E-state index contributed by atoms with van der Waals surface area (Å²) in [7, 11) is 0. The van der Waals surface area contributed by atoms with E-state index >= 15 is 0 Å². The standard InChI is InChI=1S/C17H16O5S.C17H14O4S/c18-16(19)13-6-4-11(5-7-13)10-22-14-3-1-2-12(8-9-23)15(14)17(20)21;18-16(19)13-6-4-11(5-7-13)10-21-14-3-1-2-12-8-9-22-17(20)15(12)14/h1-7,23H,8-10H2,(H,18,19)(H,20,21);1-7H,8-10H2,(H,18,19). The van der Waals surface area contributed by atoms with E-state index in [0.717, 1.165) is 28.9 Å². The average Bonchev–Trinajstić information content (AvgIpc) is 3.03. The molecule has 0 radical (unpaired) electrons. The summed E-state index contributed by atoms with van der Waals surface area (Å²) in [5.74, 6) is -0.751. The fraction of sp³-hybridized carbons (Fsp3) is 0.176. The third kappa shape index (κ3) is 8.90. The highest BCUT2D eigenvalue weighted by atomic mass is 32.2. The number of benzene rings is 4. The monoisotopic (exact) mass is 646 g/mol. The molecule has 1 aliphatic heterocycles. The number of thioether (sulfide) groups is 1. The van der Waals surface area contributed by atoms with Gasteiger partial charge >= 0.3 is 17.9 Å². The van der Waals surface area contributed by atoms with Crippen molar-refractivity contribution in [2.24, 2.45) is 0 Å². The number of hydrogen-bond acceptors (Lipinski definition) is 8. The molecule has 0 saturated carbocycles. The van der Waals surface area contributed by atoms with E-state index in [1.54, 1.807) is 60.7 Å². The lowest BCUT2D eigenvalue weighted by molar-refractivity contribution is 0.0681. The van der Waals surface area contributed by atoms with Crippen LogP contribution in [-0.2, 0) is 26.1 Å². The van der Waals surface area contributed by atoms with Crippen LogP contribution in [0.2, 0.25) is 0 Å². The van der Waals surface area contributed by atoms with Gasteiger partial charge in [0.1, 0.15) is 30.3 Å². The van der Waals surface area contributed by atoms with Crippen molar-refractivity contribution < 1.29 is 44.0 Å². The molecule has 0 unspecified atom stereocenters. The second-order valence-electron chi connectivity index (χ2n) is 9.83. The molecule has 0 aliphatic carbocycles. The Labute approximate surface area is 269 Å². The summed E-state index contributed by atoms with van der Waals surface area (Å²) in [6.07, 6.45) is 1.41. The lowest BCUT2D eigenvalue weighted by atomic mass is 10.0. The predicted octanol–water partition coefficient (Wildman–Crippen LogP) is 6.53. The molecule has 5 rings (SSSR count). The van der Waals surface area contributed by atoms with Crippen molar-refractivity contribution in [2.45, 2.75) is 26.1 Å². The Morgan fingerprint density at radius 1 is 0.711 bits per heavy atom. The van der Waals surface area contributed by atoms with Crippen LogP contribution >= 0.6 is 24.4 Å². The fourth-order valence-corrected chi connectivity index (χ4v) is 5.66. The smallest absolute Gasteiger partial charge is 0.339 e. The molecule has 9 nitrogen and oxygen atoms in total. The summed E-state index contributed by atoms with van der Waals surface area (Å²) in [5, 5.41) is 27.2. The minimum absolute atomic E-state index is 0.0538. The first-order valence-corrected chi connectivity index (χ1v) is 15.4. The maximum atomic E-state index is 12.1. The highest BCUT2D eigenvalue weighted by Crippen LogP contribution is 2.32. The van der Waals surface area contributed by atoms with Gasteiger partial charge in [0.05, 0.1) is 16.7 Å². The van der Waals surface area contributed by atoms with Crippen molar-refractivity contribution >= 4 is 47.4 Å². The molecule has 11 heteroatoms. The quantitative estimate of drug-likeness (QED) is 0.133. The number of carbonyl (C=O) groups is 4. The van der Waals surface area contributed by atoms with Gasteiger partial charge in [0.15, 0.2) is 0 Å². The van der Waals surface area contributed by atoms with Crippen LogP contribution in [0.3, 0.4) is 0 Å². The van der Waals surface area contributed by atoms with Gasteiger partial charge in [-0.15, -0.1) is 0 Å². The first-order chi connectivity index (χ1) is 21.7. The van der Waals surface area contributed by atoms with Gasteiger partial charge in [-0.2, -0.15) is 12.6 Å². The second kappa shape index (κ2) is 15.8. The number of carboxylic acid groups (broad SMARTS) is 3. The average molecular weight is 647 g/mol. The Balaban J connectivity index is 0.000000205. The number of aryl methyl sites for hydroxylation is 2. The summed E-state index contributed by atoms with van der Waals surface area (Å²) in [4.78, 5) is 45.2. The summed E-state index contributed by atoms with van der Waals surface area (Å²) in [6, 6.07) is 23.5. The molecule has 0 aromatic heterocycles. The van der Waals surface area contributed by atoms with E-state index in [0.29, 0.717) is 41.4 Å². The van der Waals surface area contributed by atoms with Crippen molar-refractivity contribution in [1.82, 2.24) is 0 Å². The molecule has 3 N–H and O–H groups in total. The molecule has 1 aliphatic rings. The van der Waals surface area contributed by atoms with Gasteiger partial charge in [0, 0.05) is 5.75 Å². The van der Waals surface area contributed by atoms with Crippen LogP contribution < -0.4 is 9.47 Å². The molecule has 0 saturated heterocycles. The fourth-order valence-electron chi connectivity index (χ4n) is 4.54. The molecule has 232 valence electrons. The first kappa shape index (κ1) is 33.2. The Bertz CT molecular complexity index is 1680. The topological polar surface area (TPSA) is 147 Å². The maximum Gasteiger partial charge on any atom is 0.339 e. The number of carboxylic acids is 3. The van der Waals surface area contributed by atoms with E-state index in [-0.39, 0.29) is 28.4 Å². The zero-order valence-electron chi connectivity index (χ0n) is 24.0. The lowest BCUT2D eigenvalue weighted by Crippen LogP contribution is -2.11. The van der Waals surface area contributed by atoms with Crippen LogP contribution in [-0.4, -0.2) is 49.8 Å². The van der Waals surface area contributed by atoms with Crippen LogP contribution in [0.25, 0.3) is 0 Å². The van der Waals surface area contributed by atoms with E-state index < -0.39 is 17.9 Å². The Kier molecular flexibility index (Phi) is 11.7. The van der Waals surface area contributed by atoms with Gasteiger partial charge in [-0.1, -0.05) is 60.3 Å². The number of hydrogen-bond donors (Lipinski definition) is 4. The molecule has 0 atom stereocenters. The molecule has 0 fully saturated rings. The normalized spacial score (nSPS) is 11.9. The zero-order valence-corrected chi connectivity index (χ0v) is 25.7. The third-order valence-electron chi connectivity index (χ3n) is 6.82. The van der Waals surface area contributed by atoms with Crippen molar-refractivity contribution in [2.75, 3.05) is 11.5 Å². The molecule has 4 aromatic carbocycles. The Morgan fingerprint density at radius 3 is 1.78 bits per heavy atom. The highest BCUT2D eigenvalue weighted by Gasteiger charge is 2.22. The van der Waals surface area contributed by atoms with Gasteiger partial charge in [-0.25, -0.2) is 14.4 Å². The largest absolute Gasteiger partial charge is 0.488 e. The summed E-state index contributed by atoms with van der Waals surface area (Å²) >= 11 is 5.45. The van der Waals surface area contributed by atoms with Crippen molar-refractivity contribution in [1.29, 1.82) is 0 Å². The number of ether oxygens (including phenoxy) is 2. The zero-order chi connectivity index (χ0) is 32.3. The van der Waals surface area contributed by atoms with E-state index in [9.17, 15) is 24.3 Å². The van der Waals surface area contributed by atoms with Crippen molar-refractivity contribution in [3.8, 4) is 11.5 Å². The SMILES string of the molecule is O=C(O)c1ccc(COc2cccc(CCS)c2C(=O)O)cc1.O=C(O)c1ccc(COc2cccc3c2C(=O)SCC3)cc1. The van der Waals surface area contributed by atoms with Gasteiger partial charge in [0.2, 0.25) is 5.12 Å². The number of thiol groups is 1. The number of rotatable bonds is 11. The summed E-state index contributed by atoms with van der Waals surface area (Å²) < 4.78 is 11.4. The molecule has 1 heterocycles. The highest BCUT2D eigenvalue weighted by molar-refractivity contribution is 8.14. The molecule has 0 amide bonds. The van der Waals surface area contributed by atoms with Crippen LogP contribution in [0.1, 0.15) is 63.7 Å². The maximum absolute atomic E-state index is 12.1. The van der Waals surface area contributed by atoms with Crippen molar-refractivity contribution in [3.05, 3.63) is 129 Å². The second-order valence-corrected chi connectivity index (χ2v) is 11.3. The minimum atomic E-state index is -1.04. The van der Waals surface area contributed by atoms with Crippen LogP contribution in [0.4, 0.5) is 0 Å². The first-order valence-electron chi connectivity index (χ1n) is 13.8. The van der Waals surface area contributed by atoms with Gasteiger partial charge in [-0.05, 0) is 77.2 Å². The number of aromatic carboxylic acids is 3. The van der Waals surface area contributed by atoms with Gasteiger partial charge < -0.3 is 24.8 Å². The van der Waals surface area contributed by atoms with Crippen LogP contribution in [0, 0.1) is 0 Å². The molecule has 0 bridgehead atoms.